The van der Waals surface area contributed by atoms with Crippen LogP contribution in [0.15, 0.2) is 78.9 Å². The summed E-state index contributed by atoms with van der Waals surface area (Å²) in [7, 11) is 1.61. The molecule has 9 heteroatoms. The lowest BCUT2D eigenvalue weighted by molar-refractivity contribution is 0.0518. The second-order valence-corrected chi connectivity index (χ2v) is 9.46. The number of benzene rings is 3. The molecule has 0 saturated carbocycles. The van der Waals surface area contributed by atoms with Crippen molar-refractivity contribution < 1.29 is 19.1 Å². The fraction of sp³-hybridized carbons (Fsp3) is 0.233. The molecule has 1 saturated heterocycles. The third kappa shape index (κ3) is 5.61. The number of halogens is 1. The molecule has 2 heterocycles. The minimum Gasteiger partial charge on any atom is -0.497 e. The van der Waals surface area contributed by atoms with Crippen molar-refractivity contribution in [3.63, 3.8) is 0 Å². The van der Waals surface area contributed by atoms with Crippen LogP contribution >= 0.6 is 11.6 Å². The average Bonchev–Trinajstić information content (AvgIpc) is 3.43. The Kier molecular flexibility index (Phi) is 7.84. The Morgan fingerprint density at radius 2 is 1.62 bits per heavy atom. The zero-order valence-electron chi connectivity index (χ0n) is 21.8. The molecule has 1 aromatic heterocycles. The van der Waals surface area contributed by atoms with Crippen molar-refractivity contribution in [2.75, 3.05) is 44.8 Å². The molecule has 5 rings (SSSR count). The summed E-state index contributed by atoms with van der Waals surface area (Å²) >= 11 is 6.46. The first-order valence-electron chi connectivity index (χ1n) is 12.8. The first-order valence-corrected chi connectivity index (χ1v) is 13.2. The van der Waals surface area contributed by atoms with E-state index in [0.717, 1.165) is 35.8 Å². The maximum absolute atomic E-state index is 12.9. The van der Waals surface area contributed by atoms with E-state index in [1.807, 2.05) is 47.4 Å². The topological polar surface area (TPSA) is 76.9 Å². The van der Waals surface area contributed by atoms with Crippen LogP contribution < -0.4 is 9.64 Å². The molecule has 1 fully saturated rings. The van der Waals surface area contributed by atoms with Crippen LogP contribution in [0.4, 0.5) is 5.69 Å². The van der Waals surface area contributed by atoms with Gasteiger partial charge in [-0.25, -0.2) is 9.48 Å². The van der Waals surface area contributed by atoms with Crippen molar-refractivity contribution in [1.82, 2.24) is 14.7 Å². The Morgan fingerprint density at radius 1 is 0.923 bits per heavy atom. The summed E-state index contributed by atoms with van der Waals surface area (Å²) in [6.45, 7) is 4.75. The number of hydrogen-bond donors (Lipinski definition) is 0. The molecule has 0 bridgehead atoms. The van der Waals surface area contributed by atoms with Crippen LogP contribution in [0.3, 0.4) is 0 Å². The van der Waals surface area contributed by atoms with E-state index >= 15 is 0 Å². The average molecular weight is 545 g/mol. The molecule has 0 N–H and O–H groups in total. The number of anilines is 1. The molecule has 1 amide bonds. The predicted molar refractivity (Wildman–Crippen MR) is 151 cm³/mol. The highest BCUT2D eigenvalue weighted by molar-refractivity contribution is 6.32. The minimum atomic E-state index is -0.483. The standard InChI is InChI=1S/C30H29ClN4O4/c1-3-39-30(37)26-20-28(35(32-26)27-7-5-4-6-25(27)31)21-8-12-23(13-9-21)33-16-18-34(19-17-33)29(36)22-10-14-24(38-2)15-11-22/h4-15,20H,3,16-19H2,1-2H3. The van der Waals surface area contributed by atoms with Gasteiger partial charge in [-0.15, -0.1) is 0 Å². The monoisotopic (exact) mass is 544 g/mol. The lowest BCUT2D eigenvalue weighted by Crippen LogP contribution is -2.48. The molecule has 39 heavy (non-hydrogen) atoms. The zero-order valence-corrected chi connectivity index (χ0v) is 22.6. The number of amides is 1. The number of carbonyl (C=O) groups excluding carboxylic acids is 2. The van der Waals surface area contributed by atoms with E-state index in [-0.39, 0.29) is 18.2 Å². The van der Waals surface area contributed by atoms with Crippen LogP contribution in [0, 0.1) is 0 Å². The fourth-order valence-corrected chi connectivity index (χ4v) is 4.84. The summed E-state index contributed by atoms with van der Waals surface area (Å²) in [6, 6.07) is 24.4. The highest BCUT2D eigenvalue weighted by atomic mass is 35.5. The Bertz CT molecular complexity index is 1460. The Hall–Kier alpha value is -4.30. The van der Waals surface area contributed by atoms with Gasteiger partial charge in [0.1, 0.15) is 5.75 Å². The van der Waals surface area contributed by atoms with Gasteiger partial charge < -0.3 is 19.3 Å². The molecular weight excluding hydrogens is 516 g/mol. The molecule has 0 aliphatic carbocycles. The minimum absolute atomic E-state index is 0.0258. The summed E-state index contributed by atoms with van der Waals surface area (Å²) in [5.74, 6) is 0.271. The van der Waals surface area contributed by atoms with Crippen LogP contribution in [-0.4, -0.2) is 66.5 Å². The molecule has 1 aliphatic rings. The summed E-state index contributed by atoms with van der Waals surface area (Å²) < 4.78 is 12.0. The first-order chi connectivity index (χ1) is 19.0. The summed E-state index contributed by atoms with van der Waals surface area (Å²) in [4.78, 5) is 29.5. The largest absolute Gasteiger partial charge is 0.497 e. The van der Waals surface area contributed by atoms with Gasteiger partial charge in [0, 0.05) is 43.0 Å². The molecule has 8 nitrogen and oxygen atoms in total. The fourth-order valence-electron chi connectivity index (χ4n) is 4.63. The maximum atomic E-state index is 12.9. The Labute approximate surface area is 232 Å². The van der Waals surface area contributed by atoms with Crippen molar-refractivity contribution in [2.45, 2.75) is 6.92 Å². The number of nitrogens with zero attached hydrogens (tertiary/aromatic N) is 4. The second kappa shape index (κ2) is 11.6. The highest BCUT2D eigenvalue weighted by Crippen LogP contribution is 2.30. The van der Waals surface area contributed by atoms with Gasteiger partial charge >= 0.3 is 5.97 Å². The van der Waals surface area contributed by atoms with E-state index in [4.69, 9.17) is 21.1 Å². The Morgan fingerprint density at radius 3 is 2.26 bits per heavy atom. The van der Waals surface area contributed by atoms with Crippen LogP contribution in [-0.2, 0) is 4.74 Å². The van der Waals surface area contributed by atoms with Crippen LogP contribution in [0.1, 0.15) is 27.8 Å². The van der Waals surface area contributed by atoms with E-state index in [2.05, 4.69) is 10.00 Å². The van der Waals surface area contributed by atoms with Crippen molar-refractivity contribution in [2.24, 2.45) is 0 Å². The summed E-state index contributed by atoms with van der Waals surface area (Å²) in [5.41, 5.74) is 4.22. The maximum Gasteiger partial charge on any atom is 0.358 e. The van der Waals surface area contributed by atoms with Gasteiger partial charge in [-0.2, -0.15) is 5.10 Å². The number of aromatic nitrogens is 2. The molecular formula is C30H29ClN4O4. The molecule has 4 aromatic rings. The zero-order chi connectivity index (χ0) is 27.4. The van der Waals surface area contributed by atoms with Crippen molar-refractivity contribution in [1.29, 1.82) is 0 Å². The smallest absolute Gasteiger partial charge is 0.358 e. The number of methoxy groups -OCH3 is 1. The first kappa shape index (κ1) is 26.3. The van der Waals surface area contributed by atoms with E-state index in [9.17, 15) is 9.59 Å². The van der Waals surface area contributed by atoms with Crippen molar-refractivity contribution >= 4 is 29.2 Å². The van der Waals surface area contributed by atoms with Crippen LogP contribution in [0.5, 0.6) is 5.75 Å². The molecule has 3 aromatic carbocycles. The lowest BCUT2D eigenvalue weighted by Gasteiger charge is -2.36. The SMILES string of the molecule is CCOC(=O)c1cc(-c2ccc(N3CCN(C(=O)c4ccc(OC)cc4)CC3)cc2)n(-c2ccccc2Cl)n1. The molecule has 0 radical (unpaired) electrons. The third-order valence-electron chi connectivity index (χ3n) is 6.71. The molecule has 0 atom stereocenters. The molecule has 0 unspecified atom stereocenters. The number of hydrogen-bond acceptors (Lipinski definition) is 6. The summed E-state index contributed by atoms with van der Waals surface area (Å²) in [6.07, 6.45) is 0. The number of ether oxygens (including phenoxy) is 2. The number of carbonyl (C=O) groups is 2. The van der Waals surface area contributed by atoms with Crippen LogP contribution in [0.2, 0.25) is 5.02 Å². The van der Waals surface area contributed by atoms with Crippen LogP contribution in [0.25, 0.3) is 16.9 Å². The summed E-state index contributed by atoms with van der Waals surface area (Å²) in [5, 5.41) is 5.03. The normalized spacial score (nSPS) is 13.3. The van der Waals surface area contributed by atoms with Gasteiger partial charge in [0.15, 0.2) is 5.69 Å². The van der Waals surface area contributed by atoms with Crippen molar-refractivity contribution in [3.05, 3.63) is 95.1 Å². The number of rotatable bonds is 7. The third-order valence-corrected chi connectivity index (χ3v) is 7.03. The van der Waals surface area contributed by atoms with E-state index in [1.165, 1.54) is 0 Å². The number of esters is 1. The van der Waals surface area contributed by atoms with E-state index in [0.29, 0.717) is 29.4 Å². The van der Waals surface area contributed by atoms with Gasteiger partial charge in [-0.3, -0.25) is 4.79 Å². The number of para-hydroxylation sites is 1. The lowest BCUT2D eigenvalue weighted by atomic mass is 10.1. The van der Waals surface area contributed by atoms with Gasteiger partial charge in [0.2, 0.25) is 0 Å². The second-order valence-electron chi connectivity index (χ2n) is 9.05. The predicted octanol–water partition coefficient (Wildman–Crippen LogP) is 5.34. The molecule has 1 aliphatic heterocycles. The molecule has 0 spiro atoms. The van der Waals surface area contributed by atoms with Gasteiger partial charge in [0.25, 0.3) is 5.91 Å². The van der Waals surface area contributed by atoms with Gasteiger partial charge in [-0.1, -0.05) is 35.9 Å². The quantitative estimate of drug-likeness (QED) is 0.292. The number of piperazine rings is 1. The van der Waals surface area contributed by atoms with Crippen molar-refractivity contribution in [3.8, 4) is 22.7 Å². The van der Waals surface area contributed by atoms with E-state index < -0.39 is 5.97 Å². The Balaban J connectivity index is 1.32. The van der Waals surface area contributed by atoms with Gasteiger partial charge in [-0.05, 0) is 61.5 Å². The van der Waals surface area contributed by atoms with Gasteiger partial charge in [0.05, 0.1) is 30.1 Å². The highest BCUT2D eigenvalue weighted by Gasteiger charge is 2.23. The van der Waals surface area contributed by atoms with E-state index in [1.54, 1.807) is 55.1 Å². The molecule has 200 valence electrons.